The molecule has 19 heavy (non-hydrogen) atoms. The molecule has 2 heterocycles. The summed E-state index contributed by atoms with van der Waals surface area (Å²) >= 11 is 0. The van der Waals surface area contributed by atoms with E-state index in [0.29, 0.717) is 18.9 Å². The third kappa shape index (κ3) is 3.26. The van der Waals surface area contributed by atoms with Crippen molar-refractivity contribution in [1.82, 2.24) is 10.2 Å². The zero-order valence-electron chi connectivity index (χ0n) is 12.0. The second-order valence-electron chi connectivity index (χ2n) is 6.06. The van der Waals surface area contributed by atoms with Crippen LogP contribution in [0.25, 0.3) is 0 Å². The summed E-state index contributed by atoms with van der Waals surface area (Å²) in [6.45, 7) is 8.11. The standard InChI is InChI=1S/C14H24N2O3/c1-9(2)13-14(18)16(7-11-4-5-19-8-11)10(3)6-12(17)15-13/h9-11,13H,4-8H2,1-3H3,(H,15,17). The second kappa shape index (κ2) is 5.90. The molecule has 0 aromatic carbocycles. The van der Waals surface area contributed by atoms with Crippen LogP contribution in [0.3, 0.4) is 0 Å². The lowest BCUT2D eigenvalue weighted by Gasteiger charge is -2.31. The minimum Gasteiger partial charge on any atom is -0.381 e. The molecule has 5 heteroatoms. The Bertz CT molecular complexity index is 351. The summed E-state index contributed by atoms with van der Waals surface area (Å²) in [7, 11) is 0. The average Bonchev–Trinajstić information content (AvgIpc) is 2.80. The van der Waals surface area contributed by atoms with Crippen molar-refractivity contribution in [3.8, 4) is 0 Å². The number of nitrogens with zero attached hydrogens (tertiary/aromatic N) is 1. The molecule has 2 amide bonds. The first-order chi connectivity index (χ1) is 8.99. The topological polar surface area (TPSA) is 58.6 Å². The fourth-order valence-corrected chi connectivity index (χ4v) is 2.80. The van der Waals surface area contributed by atoms with E-state index in [1.54, 1.807) is 0 Å². The molecule has 0 radical (unpaired) electrons. The lowest BCUT2D eigenvalue weighted by atomic mass is 10.0. The van der Waals surface area contributed by atoms with Gasteiger partial charge in [-0.3, -0.25) is 9.59 Å². The molecule has 0 aromatic heterocycles. The van der Waals surface area contributed by atoms with Crippen molar-refractivity contribution in [2.45, 2.75) is 45.7 Å². The zero-order valence-corrected chi connectivity index (χ0v) is 12.0. The first kappa shape index (κ1) is 14.3. The van der Waals surface area contributed by atoms with Gasteiger partial charge < -0.3 is 15.0 Å². The molecule has 0 spiro atoms. The Morgan fingerprint density at radius 2 is 2.16 bits per heavy atom. The smallest absolute Gasteiger partial charge is 0.245 e. The van der Waals surface area contributed by atoms with Crippen molar-refractivity contribution in [3.63, 3.8) is 0 Å². The van der Waals surface area contributed by atoms with Crippen LogP contribution in [0.4, 0.5) is 0 Å². The molecule has 2 saturated heterocycles. The summed E-state index contributed by atoms with van der Waals surface area (Å²) in [6, 6.07) is -0.420. The van der Waals surface area contributed by atoms with E-state index in [-0.39, 0.29) is 29.8 Å². The third-order valence-electron chi connectivity index (χ3n) is 4.02. The van der Waals surface area contributed by atoms with Gasteiger partial charge in [-0.25, -0.2) is 0 Å². The van der Waals surface area contributed by atoms with E-state index >= 15 is 0 Å². The van der Waals surface area contributed by atoms with Crippen LogP contribution in [-0.4, -0.2) is 48.6 Å². The van der Waals surface area contributed by atoms with Crippen molar-refractivity contribution >= 4 is 11.8 Å². The molecule has 2 fully saturated rings. The Morgan fingerprint density at radius 1 is 1.42 bits per heavy atom. The fraction of sp³-hybridized carbons (Fsp3) is 0.857. The molecule has 0 saturated carbocycles. The van der Waals surface area contributed by atoms with Gasteiger partial charge in [0, 0.05) is 31.5 Å². The highest BCUT2D eigenvalue weighted by Gasteiger charge is 2.36. The number of hydrogen-bond donors (Lipinski definition) is 1. The van der Waals surface area contributed by atoms with E-state index in [2.05, 4.69) is 5.32 Å². The van der Waals surface area contributed by atoms with Gasteiger partial charge in [0.15, 0.2) is 0 Å². The summed E-state index contributed by atoms with van der Waals surface area (Å²) in [4.78, 5) is 26.3. The second-order valence-corrected chi connectivity index (χ2v) is 6.06. The number of carbonyl (C=O) groups is 2. The van der Waals surface area contributed by atoms with Crippen LogP contribution in [-0.2, 0) is 14.3 Å². The van der Waals surface area contributed by atoms with E-state index < -0.39 is 0 Å². The molecule has 2 rings (SSSR count). The number of hydrogen-bond acceptors (Lipinski definition) is 3. The molecular formula is C14H24N2O3. The van der Waals surface area contributed by atoms with Gasteiger partial charge in [0.1, 0.15) is 6.04 Å². The lowest BCUT2D eigenvalue weighted by molar-refractivity contribution is -0.136. The van der Waals surface area contributed by atoms with Crippen LogP contribution in [0.2, 0.25) is 0 Å². The Balaban J connectivity index is 2.12. The third-order valence-corrected chi connectivity index (χ3v) is 4.02. The van der Waals surface area contributed by atoms with E-state index in [4.69, 9.17) is 4.74 Å². The monoisotopic (exact) mass is 268 g/mol. The van der Waals surface area contributed by atoms with Gasteiger partial charge >= 0.3 is 0 Å². The van der Waals surface area contributed by atoms with Gasteiger partial charge in [-0.1, -0.05) is 13.8 Å². The Kier molecular flexibility index (Phi) is 4.45. The summed E-state index contributed by atoms with van der Waals surface area (Å²) < 4.78 is 5.38. The van der Waals surface area contributed by atoms with E-state index in [9.17, 15) is 9.59 Å². The van der Waals surface area contributed by atoms with Crippen molar-refractivity contribution in [2.24, 2.45) is 11.8 Å². The van der Waals surface area contributed by atoms with Gasteiger partial charge in [0.2, 0.25) is 11.8 Å². The van der Waals surface area contributed by atoms with Crippen molar-refractivity contribution in [1.29, 1.82) is 0 Å². The minimum atomic E-state index is -0.389. The molecule has 0 bridgehead atoms. The molecule has 2 aliphatic rings. The minimum absolute atomic E-state index is 0.0234. The maximum absolute atomic E-state index is 12.6. The number of rotatable bonds is 3. The molecule has 3 unspecified atom stereocenters. The highest BCUT2D eigenvalue weighted by atomic mass is 16.5. The van der Waals surface area contributed by atoms with Crippen LogP contribution in [0.5, 0.6) is 0 Å². The lowest BCUT2D eigenvalue weighted by Crippen LogP contribution is -2.50. The van der Waals surface area contributed by atoms with Gasteiger partial charge in [-0.2, -0.15) is 0 Å². The van der Waals surface area contributed by atoms with Crippen molar-refractivity contribution in [3.05, 3.63) is 0 Å². The van der Waals surface area contributed by atoms with Crippen molar-refractivity contribution < 1.29 is 14.3 Å². The quantitative estimate of drug-likeness (QED) is 0.823. The first-order valence-corrected chi connectivity index (χ1v) is 7.16. The average molecular weight is 268 g/mol. The summed E-state index contributed by atoms with van der Waals surface area (Å²) in [5.41, 5.74) is 0. The van der Waals surface area contributed by atoms with E-state index in [1.165, 1.54) is 0 Å². The van der Waals surface area contributed by atoms with Gasteiger partial charge in [-0.05, 0) is 19.3 Å². The Morgan fingerprint density at radius 3 is 2.74 bits per heavy atom. The molecular weight excluding hydrogens is 244 g/mol. The SMILES string of the molecule is CC(C)C1NC(=O)CC(C)N(CC2CCOC2)C1=O. The zero-order chi connectivity index (χ0) is 14.0. The number of amides is 2. The van der Waals surface area contributed by atoms with Crippen molar-refractivity contribution in [2.75, 3.05) is 19.8 Å². The summed E-state index contributed by atoms with van der Waals surface area (Å²) in [5, 5.41) is 2.85. The maximum atomic E-state index is 12.6. The Hall–Kier alpha value is -1.10. The van der Waals surface area contributed by atoms with Gasteiger partial charge in [0.05, 0.1) is 6.61 Å². The van der Waals surface area contributed by atoms with Gasteiger partial charge in [-0.15, -0.1) is 0 Å². The molecule has 5 nitrogen and oxygen atoms in total. The Labute approximate surface area is 114 Å². The number of nitrogens with one attached hydrogen (secondary N) is 1. The largest absolute Gasteiger partial charge is 0.381 e. The molecule has 3 atom stereocenters. The van der Waals surface area contributed by atoms with E-state index in [1.807, 2.05) is 25.7 Å². The van der Waals surface area contributed by atoms with Crippen LogP contribution < -0.4 is 5.32 Å². The van der Waals surface area contributed by atoms with Crippen LogP contribution in [0, 0.1) is 11.8 Å². The van der Waals surface area contributed by atoms with Crippen LogP contribution in [0.15, 0.2) is 0 Å². The van der Waals surface area contributed by atoms with Gasteiger partial charge in [0.25, 0.3) is 0 Å². The molecule has 0 aliphatic carbocycles. The molecule has 1 N–H and O–H groups in total. The molecule has 108 valence electrons. The fourth-order valence-electron chi connectivity index (χ4n) is 2.80. The van der Waals surface area contributed by atoms with Crippen LogP contribution in [0.1, 0.15) is 33.6 Å². The highest BCUT2D eigenvalue weighted by molar-refractivity contribution is 5.90. The van der Waals surface area contributed by atoms with Crippen LogP contribution >= 0.6 is 0 Å². The predicted molar refractivity (Wildman–Crippen MR) is 71.5 cm³/mol. The molecule has 0 aromatic rings. The summed E-state index contributed by atoms with van der Waals surface area (Å²) in [5.74, 6) is 0.557. The first-order valence-electron chi connectivity index (χ1n) is 7.16. The predicted octanol–water partition coefficient (Wildman–Crippen LogP) is 0.784. The molecule has 2 aliphatic heterocycles. The maximum Gasteiger partial charge on any atom is 0.245 e. The highest BCUT2D eigenvalue weighted by Crippen LogP contribution is 2.21. The normalized spacial score (nSPS) is 32.6. The number of ether oxygens (including phenoxy) is 1. The number of carbonyl (C=O) groups excluding carboxylic acids is 2. The summed E-state index contributed by atoms with van der Waals surface area (Å²) in [6.07, 6.45) is 1.40. The van der Waals surface area contributed by atoms with E-state index in [0.717, 1.165) is 19.6 Å².